The van der Waals surface area contributed by atoms with Crippen LogP contribution in [0.3, 0.4) is 0 Å². The summed E-state index contributed by atoms with van der Waals surface area (Å²) < 4.78 is 10.4. The van der Waals surface area contributed by atoms with Gasteiger partial charge in [-0.05, 0) is 219 Å². The van der Waals surface area contributed by atoms with Crippen LogP contribution < -0.4 is 65.6 Å². The Bertz CT molecular complexity index is 8950. The molecule has 4 aromatic heterocycles. The number of nitrogens with zero attached hydrogens (tertiary/aromatic N) is 4. The van der Waals surface area contributed by atoms with Crippen molar-refractivity contribution in [2.75, 3.05) is 0 Å². The summed E-state index contributed by atoms with van der Waals surface area (Å²) in [6.07, 6.45) is 0. The monoisotopic (exact) mass is 1690 g/mol. The van der Waals surface area contributed by atoms with Crippen molar-refractivity contribution in [3.63, 3.8) is 0 Å². The first-order valence-electron chi connectivity index (χ1n) is 48.7. The van der Waals surface area contributed by atoms with Crippen LogP contribution in [0.15, 0.2) is 267 Å². The van der Waals surface area contributed by atoms with Crippen LogP contribution in [0.5, 0.6) is 0 Å². The Morgan fingerprint density at radius 3 is 0.932 bits per heavy atom. The zero-order valence-corrected chi connectivity index (χ0v) is 79.5. The molecule has 632 valence electrons. The summed E-state index contributed by atoms with van der Waals surface area (Å²) in [6, 6.07) is 103. The van der Waals surface area contributed by atoms with Gasteiger partial charge in [0.1, 0.15) is 0 Å². The first-order chi connectivity index (χ1) is 63.3. The van der Waals surface area contributed by atoms with Crippen LogP contribution in [0.2, 0.25) is 0 Å². The second-order valence-corrected chi connectivity index (χ2v) is 45.7. The Balaban J connectivity index is 0.0000000862. The van der Waals surface area contributed by atoms with Crippen molar-refractivity contribution >= 4 is 180 Å². The number of para-hydroxylation sites is 4. The molecule has 0 N–H and O–H groups in total. The molecule has 0 saturated heterocycles. The highest BCUT2D eigenvalue weighted by Gasteiger charge is 2.58. The quantitative estimate of drug-likeness (QED) is 0.135. The average Bonchev–Trinajstić information content (AvgIpc) is 1.28. The van der Waals surface area contributed by atoms with Crippen LogP contribution in [0, 0.1) is 27.7 Å². The molecule has 0 bridgehead atoms. The summed E-state index contributed by atoms with van der Waals surface area (Å²) in [6.45, 7) is 49.3. The molecule has 32 rings (SSSR count). The topological polar surface area (TPSA) is 19.7 Å². The minimum atomic E-state index is -0.0286. The van der Waals surface area contributed by atoms with Crippen molar-refractivity contribution in [1.82, 2.24) is 18.3 Å². The Morgan fingerprint density at radius 1 is 0.182 bits per heavy atom. The van der Waals surface area contributed by atoms with Gasteiger partial charge in [-0.3, -0.25) is 0 Å². The lowest BCUT2D eigenvalue weighted by Gasteiger charge is -2.49. The molecular formula is C124H104B4N4. The van der Waals surface area contributed by atoms with E-state index < -0.39 is 0 Å². The molecule has 8 heteroatoms. The predicted molar refractivity (Wildman–Crippen MR) is 563 cm³/mol. The van der Waals surface area contributed by atoms with E-state index in [1.165, 1.54) is 243 Å². The molecular weight excluding hydrogens is 1590 g/mol. The minimum absolute atomic E-state index is 0.0236. The van der Waals surface area contributed by atoms with Gasteiger partial charge in [0.25, 0.3) is 0 Å². The van der Waals surface area contributed by atoms with Crippen LogP contribution in [-0.4, -0.2) is 45.1 Å². The van der Waals surface area contributed by atoms with Crippen LogP contribution in [0.1, 0.15) is 222 Å². The van der Waals surface area contributed by atoms with E-state index in [0.717, 1.165) is 0 Å². The third-order valence-corrected chi connectivity index (χ3v) is 36.6. The van der Waals surface area contributed by atoms with Crippen molar-refractivity contribution in [2.24, 2.45) is 0 Å². The maximum Gasteiger partial charge on any atom is 0.248 e. The molecule has 0 spiro atoms. The van der Waals surface area contributed by atoms with E-state index in [2.05, 4.69) is 424 Å². The number of fused-ring (bicyclic) bond motifs is 16. The third kappa shape index (κ3) is 8.51. The van der Waals surface area contributed by atoms with E-state index in [4.69, 9.17) is 0 Å². The maximum atomic E-state index is 2.61. The second kappa shape index (κ2) is 24.1. The van der Waals surface area contributed by atoms with E-state index in [-0.39, 0.29) is 43.3 Å². The lowest BCUT2D eigenvalue weighted by Crippen LogP contribution is -2.68. The molecule has 0 fully saturated rings. The van der Waals surface area contributed by atoms with Crippen molar-refractivity contribution < 1.29 is 0 Å². The highest BCUT2D eigenvalue weighted by molar-refractivity contribution is 7.02. The summed E-state index contributed by atoms with van der Waals surface area (Å²) in [5.41, 5.74) is 64.5. The van der Waals surface area contributed by atoms with E-state index in [9.17, 15) is 0 Å². The molecule has 16 heterocycles. The highest BCUT2D eigenvalue weighted by atomic mass is 15.0. The molecule has 0 aliphatic carbocycles. The minimum Gasteiger partial charge on any atom is -0.310 e. The normalized spacial score (nSPS) is 17.7. The van der Waals surface area contributed by atoms with Crippen molar-refractivity contribution in [3.05, 3.63) is 378 Å². The van der Waals surface area contributed by atoms with Crippen LogP contribution in [-0.2, 0) is 43.3 Å². The molecule has 12 aliphatic heterocycles. The van der Waals surface area contributed by atoms with Gasteiger partial charge in [-0.1, -0.05) is 363 Å². The van der Waals surface area contributed by atoms with Gasteiger partial charge >= 0.3 is 0 Å². The Morgan fingerprint density at radius 2 is 0.477 bits per heavy atom. The zero-order chi connectivity index (χ0) is 89.8. The Labute approximate surface area is 775 Å². The molecule has 0 unspecified atom stereocenters. The summed E-state index contributed by atoms with van der Waals surface area (Å²) in [5, 5.41) is 11.0. The van der Waals surface area contributed by atoms with Gasteiger partial charge in [0, 0.05) is 131 Å². The number of aromatic nitrogens is 4. The third-order valence-electron chi connectivity index (χ3n) is 36.6. The van der Waals surface area contributed by atoms with Gasteiger partial charge < -0.3 is 18.3 Å². The van der Waals surface area contributed by atoms with E-state index >= 15 is 0 Å². The number of rotatable bonds is 0. The van der Waals surface area contributed by atoms with Gasteiger partial charge in [0.2, 0.25) is 26.9 Å². The average molecular weight is 1690 g/mol. The molecule has 4 nitrogen and oxygen atoms in total. The molecule has 0 radical (unpaired) electrons. The fraction of sp³-hybridized carbons (Fsp3) is 0.226. The highest BCUT2D eigenvalue weighted by Crippen LogP contribution is 2.54. The second-order valence-electron chi connectivity index (χ2n) is 45.7. The van der Waals surface area contributed by atoms with Crippen molar-refractivity contribution in [2.45, 2.75) is 182 Å². The molecule has 0 saturated carbocycles. The Hall–Kier alpha value is -13.0. The zero-order valence-electron chi connectivity index (χ0n) is 79.5. The van der Waals surface area contributed by atoms with E-state index in [0.29, 0.717) is 26.9 Å². The Kier molecular flexibility index (Phi) is 14.0. The van der Waals surface area contributed by atoms with Gasteiger partial charge in [0.15, 0.2) is 0 Å². The van der Waals surface area contributed by atoms with Crippen LogP contribution in [0.25, 0.3) is 110 Å². The molecule has 12 aliphatic rings. The van der Waals surface area contributed by atoms with Gasteiger partial charge in [-0.25, -0.2) is 0 Å². The molecule has 0 amide bonds. The summed E-state index contributed by atoms with van der Waals surface area (Å²) in [5.74, 6) is 0. The molecule has 20 aromatic rings. The van der Waals surface area contributed by atoms with E-state index in [1.807, 2.05) is 0 Å². The largest absolute Gasteiger partial charge is 0.310 e. The lowest BCUT2D eigenvalue weighted by molar-refractivity contribution is 0.619. The van der Waals surface area contributed by atoms with Crippen molar-refractivity contribution in [3.8, 4) is 22.7 Å². The first-order valence-corrected chi connectivity index (χ1v) is 48.7. The number of hydrogen-bond donors (Lipinski definition) is 0. The standard InChI is InChI=1S/4C31H26BN/c1-17-9-6-10-18-19-15-16-23-27-29(19)33(28(17)18)24-14-8-13-22-26(24)32(27)25-20(30(22,2)3)11-7-12-21(25)31(23,4)5;1-17-13-16-24-28-25(17)31(4,5)21-11-8-10-20-26(21)32(28)27-22(30(20,2)3)15-14-19-18-9-6-7-12-23(18)33(24)29(19)27;1-17-13-15-22-26-28(17)33-24-12-7-6-9-18(24)19-14-16-23-27(29(19)33)32(26)25-20(30(22,2)3)10-8-11-21(25)31(23,4)5;1-17-15-23-27-25(16-17)33-24-12-7-6-9-18(24)19-13-14-22-28(29(19)33)32(27)26-20(30(22,2)3)10-8-11-21(26)31(23,4)5/h4*6-16H,1-5H3. The van der Waals surface area contributed by atoms with Gasteiger partial charge in [-0.2, -0.15) is 0 Å². The van der Waals surface area contributed by atoms with Crippen molar-refractivity contribution in [1.29, 1.82) is 0 Å². The fourth-order valence-electron chi connectivity index (χ4n) is 30.9. The number of benzene rings is 16. The SMILES string of the molecule is Cc1cc2c3c(c1)C(C)(C)c1cccc4c1B3c1c(ccc3c5ccccc5n-2c13)C4(C)C.Cc1ccc2c3c1-n1c4ccccc4c4ccc5c(c41)B3c1c(cccc1C5(C)C)C2(C)C.Cc1ccc2c3c1C(C)(C)c1cccc4c1B3c1c(ccc3c5ccccc5n-2c13)C4(C)C.Cc1cccc2c3ccc4c5c3n(c12)-c1cccc2c1B5c1c(cccc1C4(C)C)C2(C)C. The molecule has 0 atom stereocenters. The summed E-state index contributed by atoms with van der Waals surface area (Å²) >= 11 is 0. The summed E-state index contributed by atoms with van der Waals surface area (Å²) in [7, 11) is 0. The summed E-state index contributed by atoms with van der Waals surface area (Å²) in [4.78, 5) is 0. The van der Waals surface area contributed by atoms with Gasteiger partial charge in [0.05, 0.1) is 22.1 Å². The predicted octanol–water partition coefficient (Wildman–Crippen LogP) is 20.8. The van der Waals surface area contributed by atoms with Crippen LogP contribution >= 0.6 is 0 Å². The molecule has 132 heavy (non-hydrogen) atoms. The van der Waals surface area contributed by atoms with Gasteiger partial charge in [-0.15, -0.1) is 0 Å². The smallest absolute Gasteiger partial charge is 0.248 e. The first kappa shape index (κ1) is 76.7. The number of hydrogen-bond acceptors (Lipinski definition) is 0. The molecule has 16 aromatic carbocycles. The number of aryl methyl sites for hydroxylation is 4. The van der Waals surface area contributed by atoms with Crippen LogP contribution in [0.4, 0.5) is 0 Å². The maximum absolute atomic E-state index is 2.61. The fourth-order valence-corrected chi connectivity index (χ4v) is 30.9. The van der Waals surface area contributed by atoms with E-state index in [1.54, 1.807) is 43.7 Å². The lowest BCUT2D eigenvalue weighted by atomic mass is 9.26.